The van der Waals surface area contributed by atoms with Gasteiger partial charge in [-0.05, 0) is 36.2 Å². The third kappa shape index (κ3) is 4.01. The molecule has 1 fully saturated rings. The SMILES string of the molecule is Cn1c(-c2ccc3c(c2)CN(C2CCC(=O)NC2=O)C3=O)nc(-c2ccccc2)c1-c1ccc(Cl)cc1. The van der Waals surface area contributed by atoms with E-state index in [1.165, 1.54) is 0 Å². The number of hydrogen-bond acceptors (Lipinski definition) is 4. The zero-order valence-corrected chi connectivity index (χ0v) is 20.8. The molecule has 0 saturated carbocycles. The molecule has 3 heterocycles. The summed E-state index contributed by atoms with van der Waals surface area (Å²) in [5, 5.41) is 3.01. The average molecular weight is 511 g/mol. The van der Waals surface area contributed by atoms with Crippen LogP contribution in [0.15, 0.2) is 72.8 Å². The van der Waals surface area contributed by atoms with Gasteiger partial charge < -0.3 is 9.47 Å². The van der Waals surface area contributed by atoms with Gasteiger partial charge in [-0.2, -0.15) is 0 Å². The molecule has 0 aliphatic carbocycles. The van der Waals surface area contributed by atoms with Gasteiger partial charge in [0.25, 0.3) is 5.91 Å². The van der Waals surface area contributed by atoms with Gasteiger partial charge in [-0.15, -0.1) is 0 Å². The van der Waals surface area contributed by atoms with E-state index < -0.39 is 11.9 Å². The maximum absolute atomic E-state index is 13.1. The van der Waals surface area contributed by atoms with E-state index in [0.29, 0.717) is 23.6 Å². The largest absolute Gasteiger partial charge is 0.327 e. The summed E-state index contributed by atoms with van der Waals surface area (Å²) < 4.78 is 2.06. The van der Waals surface area contributed by atoms with Crippen molar-refractivity contribution in [2.45, 2.75) is 25.4 Å². The van der Waals surface area contributed by atoms with E-state index in [0.717, 1.165) is 39.5 Å². The van der Waals surface area contributed by atoms with Crippen LogP contribution in [0.2, 0.25) is 5.02 Å². The minimum absolute atomic E-state index is 0.192. The van der Waals surface area contributed by atoms with Crippen LogP contribution in [0.4, 0.5) is 0 Å². The predicted octanol–water partition coefficient (Wildman–Crippen LogP) is 4.84. The molecule has 3 amide bonds. The molecule has 2 aliphatic heterocycles. The standard InChI is InChI=1S/C29H23ClN4O3/c1-33-26(18-7-10-21(30)11-8-18)25(17-5-3-2-4-6-17)32-27(33)19-9-12-22-20(15-19)16-34(29(22)37)23-13-14-24(35)31-28(23)36/h2-12,15,23H,13-14,16H2,1H3,(H,31,35,36). The smallest absolute Gasteiger partial charge is 0.255 e. The highest BCUT2D eigenvalue weighted by Gasteiger charge is 2.39. The summed E-state index contributed by atoms with van der Waals surface area (Å²) in [5.41, 5.74) is 6.08. The van der Waals surface area contributed by atoms with E-state index >= 15 is 0 Å². The van der Waals surface area contributed by atoms with Crippen LogP contribution < -0.4 is 5.32 Å². The van der Waals surface area contributed by atoms with Crippen LogP contribution in [-0.4, -0.2) is 38.2 Å². The number of imide groups is 1. The van der Waals surface area contributed by atoms with Crippen molar-refractivity contribution in [2.24, 2.45) is 7.05 Å². The fourth-order valence-electron chi connectivity index (χ4n) is 5.21. The van der Waals surface area contributed by atoms with E-state index in [4.69, 9.17) is 16.6 Å². The number of hydrogen-bond donors (Lipinski definition) is 1. The van der Waals surface area contributed by atoms with Crippen LogP contribution in [0.25, 0.3) is 33.9 Å². The third-order valence-corrected chi connectivity index (χ3v) is 7.29. The summed E-state index contributed by atoms with van der Waals surface area (Å²) in [7, 11) is 1.98. The Bertz CT molecular complexity index is 1560. The maximum atomic E-state index is 13.1. The zero-order valence-electron chi connectivity index (χ0n) is 20.1. The number of piperidine rings is 1. The number of halogens is 1. The van der Waals surface area contributed by atoms with Gasteiger partial charge in [0.2, 0.25) is 11.8 Å². The molecule has 1 atom stereocenters. The molecular weight excluding hydrogens is 488 g/mol. The first-order valence-corrected chi connectivity index (χ1v) is 12.4. The number of carbonyl (C=O) groups excluding carboxylic acids is 3. The van der Waals surface area contributed by atoms with Crippen molar-refractivity contribution >= 4 is 29.3 Å². The lowest BCUT2D eigenvalue weighted by atomic mass is 10.0. The molecule has 1 aromatic heterocycles. The Kier molecular flexibility index (Phi) is 5.65. The Balaban J connectivity index is 1.41. The van der Waals surface area contributed by atoms with Crippen molar-refractivity contribution in [3.8, 4) is 33.9 Å². The van der Waals surface area contributed by atoms with Gasteiger partial charge in [-0.25, -0.2) is 4.98 Å². The van der Waals surface area contributed by atoms with Gasteiger partial charge in [0, 0.05) is 47.3 Å². The topological polar surface area (TPSA) is 84.3 Å². The Labute approximate surface area is 218 Å². The molecule has 184 valence electrons. The lowest BCUT2D eigenvalue weighted by Gasteiger charge is -2.29. The number of amides is 3. The first kappa shape index (κ1) is 23.2. The lowest BCUT2D eigenvalue weighted by Crippen LogP contribution is -2.52. The Morgan fingerprint density at radius 3 is 2.38 bits per heavy atom. The second-order valence-electron chi connectivity index (χ2n) is 9.34. The normalized spacial score (nSPS) is 17.2. The van der Waals surface area contributed by atoms with Crippen LogP contribution in [0.1, 0.15) is 28.8 Å². The van der Waals surface area contributed by atoms with Crippen molar-refractivity contribution in [3.63, 3.8) is 0 Å². The molecule has 2 aliphatic rings. The molecule has 0 bridgehead atoms. The van der Waals surface area contributed by atoms with Crippen LogP contribution in [0.5, 0.6) is 0 Å². The van der Waals surface area contributed by atoms with Gasteiger partial charge in [0.1, 0.15) is 11.9 Å². The van der Waals surface area contributed by atoms with E-state index in [2.05, 4.69) is 9.88 Å². The fraction of sp³-hybridized carbons (Fsp3) is 0.172. The molecule has 3 aromatic carbocycles. The molecule has 4 aromatic rings. The van der Waals surface area contributed by atoms with Crippen molar-refractivity contribution in [1.82, 2.24) is 19.8 Å². The monoisotopic (exact) mass is 510 g/mol. The molecule has 0 radical (unpaired) electrons. The van der Waals surface area contributed by atoms with Crippen molar-refractivity contribution in [2.75, 3.05) is 0 Å². The predicted molar refractivity (Wildman–Crippen MR) is 141 cm³/mol. The van der Waals surface area contributed by atoms with Crippen LogP contribution in [0, 0.1) is 0 Å². The summed E-state index contributed by atoms with van der Waals surface area (Å²) in [6, 6.07) is 22.7. The highest BCUT2D eigenvalue weighted by atomic mass is 35.5. The average Bonchev–Trinajstić information content (AvgIpc) is 3.41. The number of fused-ring (bicyclic) bond motifs is 1. The van der Waals surface area contributed by atoms with Crippen LogP contribution >= 0.6 is 11.6 Å². The summed E-state index contributed by atoms with van der Waals surface area (Å²) in [6.45, 7) is 0.314. The van der Waals surface area contributed by atoms with Gasteiger partial charge in [0.05, 0.1) is 11.4 Å². The van der Waals surface area contributed by atoms with E-state index in [-0.39, 0.29) is 18.2 Å². The number of rotatable bonds is 4. The summed E-state index contributed by atoms with van der Waals surface area (Å²) >= 11 is 6.15. The number of benzene rings is 3. The van der Waals surface area contributed by atoms with Gasteiger partial charge in [0.15, 0.2) is 0 Å². The second kappa shape index (κ2) is 9.01. The number of imidazole rings is 1. The molecule has 7 nitrogen and oxygen atoms in total. The molecule has 1 unspecified atom stereocenters. The van der Waals surface area contributed by atoms with Gasteiger partial charge in [-0.3, -0.25) is 19.7 Å². The minimum atomic E-state index is -0.643. The number of aromatic nitrogens is 2. The maximum Gasteiger partial charge on any atom is 0.255 e. The van der Waals surface area contributed by atoms with E-state index in [1.807, 2.05) is 73.8 Å². The Morgan fingerprint density at radius 2 is 1.65 bits per heavy atom. The van der Waals surface area contributed by atoms with Crippen LogP contribution in [-0.2, 0) is 23.2 Å². The van der Waals surface area contributed by atoms with Crippen molar-refractivity contribution in [3.05, 3.63) is 88.9 Å². The molecular formula is C29H23ClN4O3. The zero-order chi connectivity index (χ0) is 25.7. The Hall–Kier alpha value is -4.23. The minimum Gasteiger partial charge on any atom is -0.327 e. The first-order chi connectivity index (χ1) is 17.9. The van der Waals surface area contributed by atoms with Crippen LogP contribution in [0.3, 0.4) is 0 Å². The first-order valence-electron chi connectivity index (χ1n) is 12.1. The van der Waals surface area contributed by atoms with E-state index in [1.54, 1.807) is 11.0 Å². The quantitative estimate of drug-likeness (QED) is 0.398. The highest BCUT2D eigenvalue weighted by molar-refractivity contribution is 6.30. The summed E-state index contributed by atoms with van der Waals surface area (Å²) in [4.78, 5) is 43.7. The molecule has 6 rings (SSSR count). The lowest BCUT2D eigenvalue weighted by molar-refractivity contribution is -0.136. The second-order valence-corrected chi connectivity index (χ2v) is 9.77. The van der Waals surface area contributed by atoms with Gasteiger partial charge in [-0.1, -0.05) is 60.1 Å². The molecule has 8 heteroatoms. The van der Waals surface area contributed by atoms with Gasteiger partial charge >= 0.3 is 0 Å². The number of nitrogens with one attached hydrogen (secondary N) is 1. The Morgan fingerprint density at radius 1 is 0.919 bits per heavy atom. The molecule has 1 N–H and O–H groups in total. The highest BCUT2D eigenvalue weighted by Crippen LogP contribution is 2.37. The number of carbonyl (C=O) groups is 3. The molecule has 0 spiro atoms. The third-order valence-electron chi connectivity index (χ3n) is 7.04. The summed E-state index contributed by atoms with van der Waals surface area (Å²) in [6.07, 6.45) is 0.562. The van der Waals surface area contributed by atoms with Crippen molar-refractivity contribution in [1.29, 1.82) is 0 Å². The van der Waals surface area contributed by atoms with Crippen molar-refractivity contribution < 1.29 is 14.4 Å². The number of nitrogens with zero attached hydrogens (tertiary/aromatic N) is 3. The summed E-state index contributed by atoms with van der Waals surface area (Å²) in [5.74, 6) is -0.142. The molecule has 1 saturated heterocycles. The molecule has 37 heavy (non-hydrogen) atoms. The van der Waals surface area contributed by atoms with E-state index in [9.17, 15) is 14.4 Å². The fourth-order valence-corrected chi connectivity index (χ4v) is 5.33.